The van der Waals surface area contributed by atoms with E-state index >= 15 is 0 Å². The number of hydrogen-bond acceptors (Lipinski definition) is 3. The molecule has 0 radical (unpaired) electrons. The summed E-state index contributed by atoms with van der Waals surface area (Å²) < 4.78 is 13.5. The molecule has 0 N–H and O–H groups in total. The molecule has 2 aromatic carbocycles. The summed E-state index contributed by atoms with van der Waals surface area (Å²) in [5.74, 6) is -0.306. The predicted molar refractivity (Wildman–Crippen MR) is 147 cm³/mol. The molecule has 3 aliphatic rings. The molecular formula is C31H38FN3O3. The van der Waals surface area contributed by atoms with Gasteiger partial charge in [-0.15, -0.1) is 0 Å². The predicted octanol–water partition coefficient (Wildman–Crippen LogP) is 6.34. The van der Waals surface area contributed by atoms with E-state index in [1.54, 1.807) is 28.9 Å². The number of carbonyl (C=O) groups is 3. The summed E-state index contributed by atoms with van der Waals surface area (Å²) in [6.45, 7) is 2.43. The van der Waals surface area contributed by atoms with Gasteiger partial charge in [-0.05, 0) is 81.8 Å². The molecule has 1 aliphatic heterocycles. The van der Waals surface area contributed by atoms with Gasteiger partial charge in [0.05, 0.1) is 0 Å². The number of para-hydroxylation sites is 1. The van der Waals surface area contributed by atoms with Crippen molar-refractivity contribution < 1.29 is 18.8 Å². The maximum atomic E-state index is 13.9. The number of carbonyl (C=O) groups excluding carboxylic acids is 3. The summed E-state index contributed by atoms with van der Waals surface area (Å²) in [7, 11) is 0. The van der Waals surface area contributed by atoms with Crippen molar-refractivity contribution in [3.8, 4) is 0 Å². The molecule has 1 saturated heterocycles. The van der Waals surface area contributed by atoms with Crippen molar-refractivity contribution in [2.45, 2.75) is 83.2 Å². The molecule has 6 nitrogen and oxygen atoms in total. The molecule has 7 heteroatoms. The standard InChI is InChI=1S/C31H38FN3O3/c1-23(36)31(22-29(37)34(25-8-4-2-5-9-25)26-10-6-3-7-11-26)18-20-33(21-19-31)30(38)35(28-16-17-28)27-14-12-24(32)13-15-27/h2,4-5,8-9,12-15,26,28H,3,6-7,10-11,16-22H2,1H3. The lowest BCUT2D eigenvalue weighted by molar-refractivity contribution is -0.135. The van der Waals surface area contributed by atoms with Gasteiger partial charge in [-0.25, -0.2) is 9.18 Å². The van der Waals surface area contributed by atoms with E-state index in [1.807, 2.05) is 35.2 Å². The van der Waals surface area contributed by atoms with Crippen molar-refractivity contribution in [3.63, 3.8) is 0 Å². The third kappa shape index (κ3) is 5.62. The van der Waals surface area contributed by atoms with Gasteiger partial charge >= 0.3 is 6.03 Å². The van der Waals surface area contributed by atoms with E-state index in [1.165, 1.54) is 18.6 Å². The van der Waals surface area contributed by atoms with Crippen molar-refractivity contribution in [1.82, 2.24) is 4.90 Å². The molecule has 0 aromatic heterocycles. The lowest BCUT2D eigenvalue weighted by atomic mass is 9.72. The minimum Gasteiger partial charge on any atom is -0.324 e. The number of benzene rings is 2. The number of Topliss-reactive ketones (excluding diaryl/α,β-unsaturated/α-hetero) is 1. The van der Waals surface area contributed by atoms with Gasteiger partial charge in [-0.2, -0.15) is 0 Å². The van der Waals surface area contributed by atoms with Crippen LogP contribution < -0.4 is 9.80 Å². The van der Waals surface area contributed by atoms with Crippen LogP contribution in [0, 0.1) is 11.2 Å². The monoisotopic (exact) mass is 519 g/mol. The second kappa shape index (κ2) is 11.3. The summed E-state index contributed by atoms with van der Waals surface area (Å²) >= 11 is 0. The zero-order chi connectivity index (χ0) is 26.7. The van der Waals surface area contributed by atoms with Crippen molar-refractivity contribution in [1.29, 1.82) is 0 Å². The van der Waals surface area contributed by atoms with E-state index < -0.39 is 5.41 Å². The average Bonchev–Trinajstić information content (AvgIpc) is 3.77. The van der Waals surface area contributed by atoms with Gasteiger partial charge in [0, 0.05) is 48.4 Å². The highest BCUT2D eigenvalue weighted by atomic mass is 19.1. The first kappa shape index (κ1) is 26.4. The maximum absolute atomic E-state index is 13.9. The number of amides is 3. The molecule has 2 aromatic rings. The van der Waals surface area contributed by atoms with Crippen LogP contribution in [0.4, 0.5) is 20.6 Å². The maximum Gasteiger partial charge on any atom is 0.324 e. The average molecular weight is 520 g/mol. The van der Waals surface area contributed by atoms with E-state index in [0.29, 0.717) is 31.6 Å². The molecular weight excluding hydrogens is 481 g/mol. The molecule has 38 heavy (non-hydrogen) atoms. The molecule has 3 fully saturated rings. The van der Waals surface area contributed by atoms with Crippen LogP contribution in [0.15, 0.2) is 54.6 Å². The second-order valence-electron chi connectivity index (χ2n) is 11.3. The Morgan fingerprint density at radius 1 is 0.816 bits per heavy atom. The number of ketones is 1. The van der Waals surface area contributed by atoms with E-state index in [4.69, 9.17) is 0 Å². The number of hydrogen-bond donors (Lipinski definition) is 0. The molecule has 2 saturated carbocycles. The number of likely N-dealkylation sites (tertiary alicyclic amines) is 1. The number of piperidine rings is 1. The van der Waals surface area contributed by atoms with Crippen molar-refractivity contribution >= 4 is 29.1 Å². The van der Waals surface area contributed by atoms with Crippen LogP contribution in [0.3, 0.4) is 0 Å². The highest BCUT2D eigenvalue weighted by molar-refractivity contribution is 5.98. The fraction of sp³-hybridized carbons (Fsp3) is 0.516. The molecule has 0 bridgehead atoms. The fourth-order valence-electron chi connectivity index (χ4n) is 6.20. The van der Waals surface area contributed by atoms with E-state index in [9.17, 15) is 18.8 Å². The van der Waals surface area contributed by atoms with Crippen LogP contribution in [0.5, 0.6) is 0 Å². The van der Waals surface area contributed by atoms with Gasteiger partial charge in [0.15, 0.2) is 0 Å². The summed E-state index contributed by atoms with van der Waals surface area (Å²) in [4.78, 5) is 46.0. The van der Waals surface area contributed by atoms with Gasteiger partial charge in [0.1, 0.15) is 11.6 Å². The quantitative estimate of drug-likeness (QED) is 0.429. The zero-order valence-electron chi connectivity index (χ0n) is 22.3. The molecule has 202 valence electrons. The Kier molecular flexibility index (Phi) is 7.82. The van der Waals surface area contributed by atoms with Gasteiger partial charge in [0.25, 0.3) is 0 Å². The van der Waals surface area contributed by atoms with Crippen molar-refractivity contribution in [3.05, 3.63) is 60.4 Å². The van der Waals surface area contributed by atoms with E-state index in [0.717, 1.165) is 44.2 Å². The fourth-order valence-corrected chi connectivity index (χ4v) is 6.20. The number of halogens is 1. The van der Waals surface area contributed by atoms with Crippen molar-refractivity contribution in [2.24, 2.45) is 5.41 Å². The van der Waals surface area contributed by atoms with Crippen LogP contribution in [-0.4, -0.2) is 47.8 Å². The third-order valence-electron chi connectivity index (χ3n) is 8.69. The van der Waals surface area contributed by atoms with Gasteiger partial charge in [-0.1, -0.05) is 37.5 Å². The minimum absolute atomic E-state index is 0.00370. The summed E-state index contributed by atoms with van der Waals surface area (Å²) in [5.41, 5.74) is 0.828. The van der Waals surface area contributed by atoms with E-state index in [2.05, 4.69) is 0 Å². The number of rotatable bonds is 7. The van der Waals surface area contributed by atoms with Crippen LogP contribution in [0.2, 0.25) is 0 Å². The normalized spacial score (nSPS) is 19.6. The minimum atomic E-state index is -0.768. The molecule has 5 rings (SSSR count). The first-order valence-electron chi connectivity index (χ1n) is 14.1. The van der Waals surface area contributed by atoms with Crippen LogP contribution in [-0.2, 0) is 9.59 Å². The summed E-state index contributed by atoms with van der Waals surface area (Å²) in [5, 5.41) is 0. The van der Waals surface area contributed by atoms with Crippen LogP contribution in [0.1, 0.15) is 71.1 Å². The number of anilines is 2. The molecule has 1 heterocycles. The van der Waals surface area contributed by atoms with Gasteiger partial charge in [-0.3, -0.25) is 14.5 Å². The lowest BCUT2D eigenvalue weighted by Gasteiger charge is -2.43. The van der Waals surface area contributed by atoms with Gasteiger partial charge < -0.3 is 9.80 Å². The van der Waals surface area contributed by atoms with Crippen LogP contribution in [0.25, 0.3) is 0 Å². The van der Waals surface area contributed by atoms with E-state index in [-0.39, 0.29) is 42.0 Å². The molecule has 3 amide bonds. The third-order valence-corrected chi connectivity index (χ3v) is 8.69. The largest absolute Gasteiger partial charge is 0.324 e. The first-order chi connectivity index (χ1) is 18.4. The Hall–Kier alpha value is -3.22. The molecule has 0 spiro atoms. The highest BCUT2D eigenvalue weighted by Crippen LogP contribution is 2.40. The Bertz CT molecular complexity index is 1130. The van der Waals surface area contributed by atoms with Gasteiger partial charge in [0.2, 0.25) is 5.91 Å². The zero-order valence-corrected chi connectivity index (χ0v) is 22.3. The Morgan fingerprint density at radius 3 is 1.97 bits per heavy atom. The Morgan fingerprint density at radius 2 is 1.39 bits per heavy atom. The SMILES string of the molecule is CC(=O)C1(CC(=O)N(c2ccccc2)C2CCCCC2)CCN(C(=O)N(c2ccc(F)cc2)C2CC2)CC1. The van der Waals surface area contributed by atoms with Crippen LogP contribution >= 0.6 is 0 Å². The summed E-state index contributed by atoms with van der Waals surface area (Å²) in [6.07, 6.45) is 8.35. The highest BCUT2D eigenvalue weighted by Gasteiger charge is 2.45. The lowest BCUT2D eigenvalue weighted by Crippen LogP contribution is -2.53. The van der Waals surface area contributed by atoms with Crippen molar-refractivity contribution in [2.75, 3.05) is 22.9 Å². The number of urea groups is 1. The molecule has 0 unspecified atom stereocenters. The summed E-state index contributed by atoms with van der Waals surface area (Å²) in [6, 6.07) is 16.1. The molecule has 2 aliphatic carbocycles. The second-order valence-corrected chi connectivity index (χ2v) is 11.3. The number of nitrogens with zero attached hydrogens (tertiary/aromatic N) is 3. The first-order valence-corrected chi connectivity index (χ1v) is 14.1. The topological polar surface area (TPSA) is 60.9 Å². The molecule has 0 atom stereocenters. The Balaban J connectivity index is 1.30. The smallest absolute Gasteiger partial charge is 0.324 e. The Labute approximate surface area is 224 Å².